The van der Waals surface area contributed by atoms with Crippen molar-refractivity contribution in [2.75, 3.05) is 18.4 Å². The highest BCUT2D eigenvalue weighted by atomic mass is 32.2. The van der Waals surface area contributed by atoms with E-state index in [0.29, 0.717) is 17.8 Å². The molecule has 0 saturated carbocycles. The van der Waals surface area contributed by atoms with Gasteiger partial charge in [0.1, 0.15) is 5.25 Å². The van der Waals surface area contributed by atoms with Crippen molar-refractivity contribution in [2.45, 2.75) is 57.4 Å². The minimum Gasteiger partial charge on any atom is -0.351 e. The van der Waals surface area contributed by atoms with Gasteiger partial charge in [0.05, 0.1) is 0 Å². The third-order valence-electron chi connectivity index (χ3n) is 6.22. The molecule has 1 N–H and O–H groups in total. The van der Waals surface area contributed by atoms with Crippen LogP contribution in [0.25, 0.3) is 0 Å². The Labute approximate surface area is 211 Å². The van der Waals surface area contributed by atoms with Crippen LogP contribution in [0.2, 0.25) is 0 Å². The molecule has 1 unspecified atom stereocenters. The topological polar surface area (TPSA) is 82.1 Å². The van der Waals surface area contributed by atoms with Gasteiger partial charge in [-0.15, -0.1) is 0 Å². The SMILES string of the molecule is CC(C)N(Cc1ccccc1)C(=O)c1ccc(NC(=O)CC2SC(N3CCCCC3)=NC2=O)cc1. The number of rotatable bonds is 7. The van der Waals surface area contributed by atoms with Crippen molar-refractivity contribution in [3.05, 3.63) is 65.7 Å². The number of hydrogen-bond acceptors (Lipinski definition) is 5. The summed E-state index contributed by atoms with van der Waals surface area (Å²) < 4.78 is 0. The van der Waals surface area contributed by atoms with Gasteiger partial charge in [-0.25, -0.2) is 0 Å². The molecule has 1 fully saturated rings. The number of likely N-dealkylation sites (tertiary alicyclic amines) is 1. The minimum atomic E-state index is -0.481. The van der Waals surface area contributed by atoms with Gasteiger partial charge in [0.2, 0.25) is 5.91 Å². The molecule has 35 heavy (non-hydrogen) atoms. The molecule has 7 nitrogen and oxygen atoms in total. The number of carbonyl (C=O) groups is 3. The van der Waals surface area contributed by atoms with E-state index in [9.17, 15) is 14.4 Å². The molecule has 0 bridgehead atoms. The minimum absolute atomic E-state index is 0.0422. The Balaban J connectivity index is 1.32. The van der Waals surface area contributed by atoms with Crippen LogP contribution in [-0.4, -0.2) is 57.1 Å². The van der Waals surface area contributed by atoms with Gasteiger partial charge in [-0.2, -0.15) is 4.99 Å². The van der Waals surface area contributed by atoms with Gasteiger partial charge in [-0.3, -0.25) is 14.4 Å². The molecule has 1 saturated heterocycles. The first-order valence-electron chi connectivity index (χ1n) is 12.2. The first-order chi connectivity index (χ1) is 16.9. The summed E-state index contributed by atoms with van der Waals surface area (Å²) in [5.41, 5.74) is 2.23. The summed E-state index contributed by atoms with van der Waals surface area (Å²) in [7, 11) is 0. The van der Waals surface area contributed by atoms with E-state index in [1.54, 1.807) is 24.3 Å². The molecule has 0 aromatic heterocycles. The molecule has 2 aliphatic heterocycles. The fourth-order valence-electron chi connectivity index (χ4n) is 4.24. The Morgan fingerprint density at radius 2 is 1.74 bits per heavy atom. The van der Waals surface area contributed by atoms with Crippen LogP contribution in [0.4, 0.5) is 5.69 Å². The second kappa shape index (κ2) is 11.5. The number of thioether (sulfide) groups is 1. The first-order valence-corrected chi connectivity index (χ1v) is 13.1. The van der Waals surface area contributed by atoms with Gasteiger partial charge >= 0.3 is 0 Å². The summed E-state index contributed by atoms with van der Waals surface area (Å²) in [6, 6.07) is 16.9. The lowest BCUT2D eigenvalue weighted by molar-refractivity contribution is -0.121. The molecule has 0 spiro atoms. The molecule has 4 rings (SSSR count). The van der Waals surface area contributed by atoms with E-state index in [4.69, 9.17) is 0 Å². The van der Waals surface area contributed by atoms with Crippen molar-refractivity contribution < 1.29 is 14.4 Å². The Kier molecular flexibility index (Phi) is 8.23. The third kappa shape index (κ3) is 6.51. The molecule has 1 atom stereocenters. The van der Waals surface area contributed by atoms with E-state index in [2.05, 4.69) is 15.2 Å². The van der Waals surface area contributed by atoms with Crippen LogP contribution in [0.3, 0.4) is 0 Å². The van der Waals surface area contributed by atoms with Crippen molar-refractivity contribution in [2.24, 2.45) is 4.99 Å². The Hall–Kier alpha value is -3.13. The molecule has 184 valence electrons. The second-order valence-corrected chi connectivity index (χ2v) is 10.4. The summed E-state index contributed by atoms with van der Waals surface area (Å²) in [5, 5.41) is 3.12. The molecule has 0 radical (unpaired) electrons. The fraction of sp³-hybridized carbons (Fsp3) is 0.407. The molecule has 2 aromatic rings. The van der Waals surface area contributed by atoms with Crippen molar-refractivity contribution in [1.82, 2.24) is 9.80 Å². The number of anilines is 1. The van der Waals surface area contributed by atoms with Gasteiger partial charge < -0.3 is 15.1 Å². The van der Waals surface area contributed by atoms with Crippen LogP contribution in [0.1, 0.15) is 55.5 Å². The summed E-state index contributed by atoms with van der Waals surface area (Å²) >= 11 is 1.39. The van der Waals surface area contributed by atoms with E-state index in [0.717, 1.165) is 36.7 Å². The highest BCUT2D eigenvalue weighted by molar-refractivity contribution is 8.15. The fourth-order valence-corrected chi connectivity index (χ4v) is 5.36. The van der Waals surface area contributed by atoms with Gasteiger partial charge in [-0.1, -0.05) is 42.1 Å². The van der Waals surface area contributed by atoms with Crippen molar-refractivity contribution in [3.63, 3.8) is 0 Å². The van der Waals surface area contributed by atoms with E-state index in [1.807, 2.05) is 49.1 Å². The Morgan fingerprint density at radius 1 is 1.06 bits per heavy atom. The Bertz CT molecular complexity index is 1080. The molecule has 2 aliphatic rings. The standard InChI is InChI=1S/C27H32N4O3S/c1-19(2)31(18-20-9-5-3-6-10-20)26(34)21-11-13-22(14-12-21)28-24(32)17-23-25(33)29-27(35-23)30-15-7-4-8-16-30/h3,5-6,9-14,19,23H,4,7-8,15-18H2,1-2H3,(H,28,32). The molecule has 3 amide bonds. The number of carbonyl (C=O) groups excluding carboxylic acids is 3. The van der Waals surface area contributed by atoms with E-state index < -0.39 is 5.25 Å². The van der Waals surface area contributed by atoms with Gasteiger partial charge in [0.25, 0.3) is 11.8 Å². The molecule has 0 aliphatic carbocycles. The molecule has 2 aromatic carbocycles. The number of nitrogens with zero attached hydrogens (tertiary/aromatic N) is 3. The van der Waals surface area contributed by atoms with Crippen LogP contribution in [-0.2, 0) is 16.1 Å². The number of hydrogen-bond donors (Lipinski definition) is 1. The number of amidine groups is 1. The summed E-state index contributed by atoms with van der Waals surface area (Å²) in [6.45, 7) is 6.37. The van der Waals surface area contributed by atoms with Crippen molar-refractivity contribution in [1.29, 1.82) is 0 Å². The largest absolute Gasteiger partial charge is 0.351 e. The number of nitrogens with one attached hydrogen (secondary N) is 1. The van der Waals surface area contributed by atoms with Crippen molar-refractivity contribution >= 4 is 40.3 Å². The summed E-state index contributed by atoms with van der Waals surface area (Å²) in [4.78, 5) is 46.2. The maximum atomic E-state index is 13.1. The predicted molar refractivity (Wildman–Crippen MR) is 140 cm³/mol. The molecular formula is C27H32N4O3S. The molecule has 2 heterocycles. The quantitative estimate of drug-likeness (QED) is 0.613. The van der Waals surface area contributed by atoms with Crippen LogP contribution >= 0.6 is 11.8 Å². The predicted octanol–water partition coefficient (Wildman–Crippen LogP) is 4.55. The lowest BCUT2D eigenvalue weighted by atomic mass is 10.1. The lowest BCUT2D eigenvalue weighted by Crippen LogP contribution is -2.36. The zero-order chi connectivity index (χ0) is 24.8. The van der Waals surface area contributed by atoms with E-state index in [1.165, 1.54) is 18.2 Å². The maximum Gasteiger partial charge on any atom is 0.262 e. The number of amides is 3. The third-order valence-corrected chi connectivity index (χ3v) is 7.43. The summed E-state index contributed by atoms with van der Waals surface area (Å²) in [5.74, 6) is -0.533. The number of piperidine rings is 1. The molecule has 8 heteroatoms. The van der Waals surface area contributed by atoms with Crippen LogP contribution in [0.15, 0.2) is 59.6 Å². The normalized spacial score (nSPS) is 17.9. The first kappa shape index (κ1) is 25.0. The molecular weight excluding hydrogens is 460 g/mol. The van der Waals surface area contributed by atoms with Gasteiger partial charge in [0.15, 0.2) is 5.17 Å². The maximum absolute atomic E-state index is 13.1. The highest BCUT2D eigenvalue weighted by Crippen LogP contribution is 2.29. The van der Waals surface area contributed by atoms with E-state index >= 15 is 0 Å². The monoisotopic (exact) mass is 492 g/mol. The van der Waals surface area contributed by atoms with Gasteiger partial charge in [-0.05, 0) is 62.9 Å². The van der Waals surface area contributed by atoms with Crippen LogP contribution < -0.4 is 5.32 Å². The van der Waals surface area contributed by atoms with Gasteiger partial charge in [0, 0.05) is 43.3 Å². The average molecular weight is 493 g/mol. The average Bonchev–Trinajstić information content (AvgIpc) is 3.23. The smallest absolute Gasteiger partial charge is 0.262 e. The second-order valence-electron chi connectivity index (χ2n) is 9.23. The highest BCUT2D eigenvalue weighted by Gasteiger charge is 2.33. The summed E-state index contributed by atoms with van der Waals surface area (Å²) in [6.07, 6.45) is 3.50. The Morgan fingerprint density at radius 3 is 2.40 bits per heavy atom. The van der Waals surface area contributed by atoms with E-state index in [-0.39, 0.29) is 30.2 Å². The number of aliphatic imine (C=N–C) groups is 1. The van der Waals surface area contributed by atoms with Crippen LogP contribution in [0.5, 0.6) is 0 Å². The zero-order valence-electron chi connectivity index (χ0n) is 20.3. The van der Waals surface area contributed by atoms with Crippen LogP contribution in [0, 0.1) is 0 Å². The number of benzene rings is 2. The lowest BCUT2D eigenvalue weighted by Gasteiger charge is -2.27. The zero-order valence-corrected chi connectivity index (χ0v) is 21.1. The van der Waals surface area contributed by atoms with Crippen molar-refractivity contribution in [3.8, 4) is 0 Å².